The zero-order valence-corrected chi connectivity index (χ0v) is 17.5. The van der Waals surface area contributed by atoms with Crippen LogP contribution in [-0.2, 0) is 9.59 Å². The van der Waals surface area contributed by atoms with Crippen molar-refractivity contribution in [2.75, 3.05) is 38.2 Å². The van der Waals surface area contributed by atoms with Crippen molar-refractivity contribution in [1.82, 2.24) is 10.2 Å². The lowest BCUT2D eigenvalue weighted by Crippen LogP contribution is -2.49. The van der Waals surface area contributed by atoms with Gasteiger partial charge >= 0.3 is 0 Å². The Morgan fingerprint density at radius 3 is 2.38 bits per heavy atom. The van der Waals surface area contributed by atoms with E-state index in [9.17, 15) is 9.59 Å². The van der Waals surface area contributed by atoms with Crippen LogP contribution in [0.4, 0.5) is 5.69 Å². The predicted molar refractivity (Wildman–Crippen MR) is 114 cm³/mol. The van der Waals surface area contributed by atoms with Crippen LogP contribution in [-0.4, -0.2) is 50.0 Å². The Balaban J connectivity index is 1.61. The summed E-state index contributed by atoms with van der Waals surface area (Å²) in [6.07, 6.45) is 0.225. The summed E-state index contributed by atoms with van der Waals surface area (Å²) in [4.78, 5) is 28.6. The van der Waals surface area contributed by atoms with Crippen molar-refractivity contribution < 1.29 is 14.3 Å². The summed E-state index contributed by atoms with van der Waals surface area (Å²) in [7, 11) is 1.60. The van der Waals surface area contributed by atoms with Gasteiger partial charge in [-0.1, -0.05) is 29.8 Å². The van der Waals surface area contributed by atoms with Crippen molar-refractivity contribution >= 4 is 29.1 Å². The third kappa shape index (κ3) is 5.64. The van der Waals surface area contributed by atoms with Crippen LogP contribution in [0.25, 0.3) is 0 Å². The third-order valence-corrected chi connectivity index (χ3v) is 5.32. The molecular weight excluding hydrogens is 390 g/mol. The number of methoxy groups -OCH3 is 1. The number of benzene rings is 2. The molecule has 1 unspecified atom stereocenters. The minimum Gasteiger partial charge on any atom is -0.497 e. The number of rotatable bonds is 6. The van der Waals surface area contributed by atoms with Gasteiger partial charge in [0.25, 0.3) is 0 Å². The molecule has 3 rings (SSSR count). The molecule has 0 radical (unpaired) electrons. The molecule has 1 heterocycles. The second-order valence-electron chi connectivity index (χ2n) is 7.08. The van der Waals surface area contributed by atoms with E-state index in [-0.39, 0.29) is 24.3 Å². The smallest absolute Gasteiger partial charge is 0.225 e. The van der Waals surface area contributed by atoms with Crippen LogP contribution >= 0.6 is 11.6 Å². The maximum atomic E-state index is 12.9. The molecule has 2 aromatic rings. The van der Waals surface area contributed by atoms with E-state index in [0.29, 0.717) is 18.1 Å². The minimum absolute atomic E-state index is 0.0327. The third-order valence-electron chi connectivity index (χ3n) is 5.08. The highest BCUT2D eigenvalue weighted by Gasteiger charge is 2.25. The Kier molecular flexibility index (Phi) is 6.99. The van der Waals surface area contributed by atoms with E-state index < -0.39 is 0 Å². The van der Waals surface area contributed by atoms with Crippen molar-refractivity contribution in [1.29, 1.82) is 0 Å². The fourth-order valence-corrected chi connectivity index (χ4v) is 3.71. The Labute approximate surface area is 176 Å². The lowest BCUT2D eigenvalue weighted by molar-refractivity contribution is -0.132. The highest BCUT2D eigenvalue weighted by Crippen LogP contribution is 2.23. The van der Waals surface area contributed by atoms with Gasteiger partial charge in [0.1, 0.15) is 5.75 Å². The molecule has 1 aliphatic heterocycles. The average Bonchev–Trinajstić information content (AvgIpc) is 2.73. The van der Waals surface area contributed by atoms with E-state index >= 15 is 0 Å². The summed E-state index contributed by atoms with van der Waals surface area (Å²) in [6.45, 7) is 4.24. The van der Waals surface area contributed by atoms with Gasteiger partial charge in [-0.2, -0.15) is 0 Å². The maximum absolute atomic E-state index is 12.9. The number of hydrogen-bond acceptors (Lipinski definition) is 4. The normalized spacial score (nSPS) is 15.0. The number of amides is 2. The molecule has 0 aromatic heterocycles. The molecule has 1 aliphatic rings. The van der Waals surface area contributed by atoms with Crippen LogP contribution in [0.15, 0.2) is 48.5 Å². The van der Waals surface area contributed by atoms with E-state index in [1.807, 2.05) is 53.4 Å². The fourth-order valence-electron chi connectivity index (χ4n) is 3.52. The zero-order valence-electron chi connectivity index (χ0n) is 16.7. The molecule has 1 fully saturated rings. The number of piperazine rings is 1. The van der Waals surface area contributed by atoms with E-state index in [2.05, 4.69) is 10.2 Å². The van der Waals surface area contributed by atoms with Crippen molar-refractivity contribution in [3.05, 3.63) is 59.1 Å². The molecule has 2 amide bonds. The molecule has 1 saturated heterocycles. The van der Waals surface area contributed by atoms with Gasteiger partial charge < -0.3 is 19.9 Å². The Hall–Kier alpha value is -2.73. The number of halogens is 1. The van der Waals surface area contributed by atoms with E-state index in [0.717, 1.165) is 30.1 Å². The molecule has 0 spiro atoms. The van der Waals surface area contributed by atoms with Crippen LogP contribution in [0.5, 0.6) is 5.75 Å². The Morgan fingerprint density at radius 1 is 1.10 bits per heavy atom. The van der Waals surface area contributed by atoms with E-state index in [4.69, 9.17) is 16.3 Å². The molecule has 0 bridgehead atoms. The first-order valence-corrected chi connectivity index (χ1v) is 10.0. The van der Waals surface area contributed by atoms with Gasteiger partial charge in [0, 0.05) is 43.8 Å². The maximum Gasteiger partial charge on any atom is 0.225 e. The van der Waals surface area contributed by atoms with Crippen molar-refractivity contribution in [3.63, 3.8) is 0 Å². The van der Waals surface area contributed by atoms with Gasteiger partial charge in [0.05, 0.1) is 19.6 Å². The first-order chi connectivity index (χ1) is 14.0. The number of carbonyl (C=O) groups is 2. The number of carbonyl (C=O) groups excluding carboxylic acids is 2. The van der Waals surface area contributed by atoms with Gasteiger partial charge in [-0.3, -0.25) is 9.59 Å². The van der Waals surface area contributed by atoms with E-state index in [1.54, 1.807) is 7.11 Å². The summed E-state index contributed by atoms with van der Waals surface area (Å²) in [5, 5.41) is 3.60. The van der Waals surface area contributed by atoms with Crippen LogP contribution in [0.2, 0.25) is 5.02 Å². The number of nitrogens with zero attached hydrogens (tertiary/aromatic N) is 2. The monoisotopic (exact) mass is 415 g/mol. The highest BCUT2D eigenvalue weighted by molar-refractivity contribution is 6.30. The van der Waals surface area contributed by atoms with Gasteiger partial charge in [-0.05, 0) is 35.9 Å². The van der Waals surface area contributed by atoms with Gasteiger partial charge in [0.15, 0.2) is 0 Å². The van der Waals surface area contributed by atoms with Crippen molar-refractivity contribution in [2.45, 2.75) is 19.4 Å². The van der Waals surface area contributed by atoms with Crippen LogP contribution in [0.1, 0.15) is 24.9 Å². The molecule has 7 heteroatoms. The summed E-state index contributed by atoms with van der Waals surface area (Å²) < 4.78 is 5.18. The first-order valence-electron chi connectivity index (χ1n) is 9.65. The molecule has 1 N–H and O–H groups in total. The molecule has 0 aliphatic carbocycles. The van der Waals surface area contributed by atoms with Gasteiger partial charge in [0.2, 0.25) is 11.8 Å². The lowest BCUT2D eigenvalue weighted by Gasteiger charge is -2.36. The van der Waals surface area contributed by atoms with Crippen LogP contribution in [0.3, 0.4) is 0 Å². The summed E-state index contributed by atoms with van der Waals surface area (Å²) in [5.74, 6) is 0.605. The fraction of sp³-hybridized carbons (Fsp3) is 0.364. The van der Waals surface area contributed by atoms with E-state index in [1.165, 1.54) is 6.92 Å². The number of nitrogens with one attached hydrogen (secondary N) is 1. The van der Waals surface area contributed by atoms with Crippen molar-refractivity contribution in [3.8, 4) is 5.75 Å². The summed E-state index contributed by atoms with van der Waals surface area (Å²) in [5.41, 5.74) is 1.95. The number of anilines is 1. The van der Waals surface area contributed by atoms with Gasteiger partial charge in [-0.25, -0.2) is 0 Å². The SMILES string of the molecule is COc1ccc(C(CC(=O)N2CCN(c3cccc(Cl)c3)CC2)NC(C)=O)cc1. The summed E-state index contributed by atoms with van der Waals surface area (Å²) >= 11 is 6.09. The predicted octanol–water partition coefficient (Wildman–Crippen LogP) is 3.26. The topological polar surface area (TPSA) is 61.9 Å². The minimum atomic E-state index is -0.364. The standard InChI is InChI=1S/C22H26ClN3O3/c1-16(27)24-21(17-6-8-20(29-2)9-7-17)15-22(28)26-12-10-25(11-13-26)19-5-3-4-18(23)14-19/h3-9,14,21H,10-13,15H2,1-2H3,(H,24,27). The number of hydrogen-bond donors (Lipinski definition) is 1. The molecule has 6 nitrogen and oxygen atoms in total. The molecule has 154 valence electrons. The second-order valence-corrected chi connectivity index (χ2v) is 7.51. The largest absolute Gasteiger partial charge is 0.497 e. The molecule has 2 aromatic carbocycles. The van der Waals surface area contributed by atoms with Crippen LogP contribution < -0.4 is 15.0 Å². The average molecular weight is 416 g/mol. The Bertz CT molecular complexity index is 849. The molecular formula is C22H26ClN3O3. The van der Waals surface area contributed by atoms with Crippen LogP contribution in [0, 0.1) is 0 Å². The highest BCUT2D eigenvalue weighted by atomic mass is 35.5. The number of ether oxygens (including phenoxy) is 1. The quantitative estimate of drug-likeness (QED) is 0.786. The van der Waals surface area contributed by atoms with Gasteiger partial charge in [-0.15, -0.1) is 0 Å². The Morgan fingerprint density at radius 2 is 1.79 bits per heavy atom. The van der Waals surface area contributed by atoms with Crippen molar-refractivity contribution in [2.24, 2.45) is 0 Å². The molecule has 1 atom stereocenters. The summed E-state index contributed by atoms with van der Waals surface area (Å²) in [6, 6.07) is 14.8. The molecule has 29 heavy (non-hydrogen) atoms. The lowest BCUT2D eigenvalue weighted by atomic mass is 10.0. The molecule has 0 saturated carbocycles. The first kappa shape index (κ1) is 21.0. The second kappa shape index (κ2) is 9.65. The zero-order chi connectivity index (χ0) is 20.8.